The summed E-state index contributed by atoms with van der Waals surface area (Å²) >= 11 is 0. The lowest BCUT2D eigenvalue weighted by molar-refractivity contribution is 0.000357. The number of amides is 1. The van der Waals surface area contributed by atoms with Crippen LogP contribution in [0.1, 0.15) is 31.3 Å². The molecule has 90 valence electrons. The third-order valence-corrected chi connectivity index (χ3v) is 2.80. The van der Waals surface area contributed by atoms with Gasteiger partial charge in [0, 0.05) is 19.3 Å². The largest absolute Gasteiger partial charge is 0.388 e. The summed E-state index contributed by atoms with van der Waals surface area (Å²) in [6.07, 6.45) is 1.12. The molecule has 0 saturated carbocycles. The lowest BCUT2D eigenvalue weighted by Crippen LogP contribution is -2.48. The summed E-state index contributed by atoms with van der Waals surface area (Å²) < 4.78 is 12.7. The molecule has 1 aromatic rings. The number of carbonyl (C=O) groups excluding carboxylic acids is 1. The number of aromatic amines is 1. The van der Waals surface area contributed by atoms with Gasteiger partial charge in [-0.3, -0.25) is 4.79 Å². The average Bonchev–Trinajstić information content (AvgIpc) is 2.60. The van der Waals surface area contributed by atoms with Crippen molar-refractivity contribution in [1.29, 1.82) is 0 Å². The van der Waals surface area contributed by atoms with E-state index in [4.69, 9.17) is 0 Å². The average molecular weight is 228 g/mol. The minimum absolute atomic E-state index is 0.177. The Morgan fingerprint density at radius 3 is 2.56 bits per heavy atom. The fraction of sp³-hybridized carbons (Fsp3) is 0.545. The number of H-pyrrole nitrogens is 1. The summed E-state index contributed by atoms with van der Waals surface area (Å²) in [6.45, 7) is 4.98. The van der Waals surface area contributed by atoms with E-state index in [0.29, 0.717) is 0 Å². The second-order valence-electron chi connectivity index (χ2n) is 4.48. The van der Waals surface area contributed by atoms with E-state index in [0.717, 1.165) is 12.3 Å². The van der Waals surface area contributed by atoms with Crippen molar-refractivity contribution in [2.75, 3.05) is 7.05 Å². The Morgan fingerprint density at radius 1 is 1.62 bits per heavy atom. The van der Waals surface area contributed by atoms with Crippen LogP contribution in [0.2, 0.25) is 0 Å². The fourth-order valence-corrected chi connectivity index (χ4v) is 1.33. The topological polar surface area (TPSA) is 56.3 Å². The van der Waals surface area contributed by atoms with Crippen molar-refractivity contribution in [3.63, 3.8) is 0 Å². The maximum atomic E-state index is 12.7. The van der Waals surface area contributed by atoms with Gasteiger partial charge < -0.3 is 15.0 Å². The van der Waals surface area contributed by atoms with Gasteiger partial charge in [0.05, 0.1) is 11.6 Å². The molecule has 0 aliphatic heterocycles. The van der Waals surface area contributed by atoms with Gasteiger partial charge in [-0.2, -0.15) is 0 Å². The van der Waals surface area contributed by atoms with E-state index in [1.165, 1.54) is 4.90 Å². The molecule has 4 nitrogen and oxygen atoms in total. The molecular weight excluding hydrogens is 211 g/mol. The molecule has 5 heteroatoms. The molecule has 0 aliphatic carbocycles. The molecule has 1 heterocycles. The Bertz CT molecular complexity index is 382. The monoisotopic (exact) mass is 228 g/mol. The van der Waals surface area contributed by atoms with E-state index < -0.39 is 11.4 Å². The number of hydrogen-bond acceptors (Lipinski definition) is 2. The Balaban J connectivity index is 2.83. The van der Waals surface area contributed by atoms with Gasteiger partial charge in [-0.25, -0.2) is 4.39 Å². The van der Waals surface area contributed by atoms with Crippen molar-refractivity contribution in [3.8, 4) is 0 Å². The van der Waals surface area contributed by atoms with Crippen molar-refractivity contribution in [2.24, 2.45) is 0 Å². The van der Waals surface area contributed by atoms with Crippen LogP contribution in [-0.2, 0) is 0 Å². The van der Waals surface area contributed by atoms with Crippen LogP contribution < -0.4 is 0 Å². The van der Waals surface area contributed by atoms with Crippen molar-refractivity contribution in [3.05, 3.63) is 23.8 Å². The lowest BCUT2D eigenvalue weighted by Gasteiger charge is -2.33. The van der Waals surface area contributed by atoms with Crippen molar-refractivity contribution >= 4 is 5.91 Å². The molecule has 0 aliphatic rings. The van der Waals surface area contributed by atoms with Gasteiger partial charge in [-0.15, -0.1) is 0 Å². The third kappa shape index (κ3) is 2.61. The van der Waals surface area contributed by atoms with Crippen LogP contribution >= 0.6 is 0 Å². The molecule has 0 fully saturated rings. The number of hydrogen-bond donors (Lipinski definition) is 2. The zero-order valence-corrected chi connectivity index (χ0v) is 9.91. The Kier molecular flexibility index (Phi) is 3.38. The Morgan fingerprint density at radius 2 is 2.19 bits per heavy atom. The number of aliphatic hydroxyl groups is 1. The Labute approximate surface area is 94.1 Å². The first-order valence-corrected chi connectivity index (χ1v) is 5.07. The summed E-state index contributed by atoms with van der Waals surface area (Å²) in [7, 11) is 1.57. The van der Waals surface area contributed by atoms with E-state index in [9.17, 15) is 14.3 Å². The van der Waals surface area contributed by atoms with Crippen LogP contribution in [0, 0.1) is 5.82 Å². The molecule has 1 aromatic heterocycles. The summed E-state index contributed by atoms with van der Waals surface area (Å²) in [6, 6.07) is 0.766. The molecule has 16 heavy (non-hydrogen) atoms. The number of aromatic nitrogens is 1. The van der Waals surface area contributed by atoms with E-state index in [1.54, 1.807) is 27.8 Å². The fourth-order valence-electron chi connectivity index (χ4n) is 1.33. The minimum atomic E-state index is -1.00. The van der Waals surface area contributed by atoms with E-state index in [2.05, 4.69) is 4.98 Å². The zero-order chi connectivity index (χ0) is 12.5. The van der Waals surface area contributed by atoms with E-state index in [-0.39, 0.29) is 17.6 Å². The van der Waals surface area contributed by atoms with Gasteiger partial charge >= 0.3 is 0 Å². The normalized spacial score (nSPS) is 13.6. The quantitative estimate of drug-likeness (QED) is 0.821. The first kappa shape index (κ1) is 12.7. The molecule has 0 spiro atoms. The van der Waals surface area contributed by atoms with Gasteiger partial charge in [0.15, 0.2) is 0 Å². The van der Waals surface area contributed by atoms with Gasteiger partial charge in [0.2, 0.25) is 0 Å². The SMILES string of the molecule is CC(N(C)C(=O)c1cc(F)c[nH]1)C(C)(C)O. The highest BCUT2D eigenvalue weighted by Crippen LogP contribution is 2.16. The molecule has 0 bridgehead atoms. The molecule has 1 rings (SSSR count). The number of nitrogens with zero attached hydrogens (tertiary/aromatic N) is 1. The third-order valence-electron chi connectivity index (χ3n) is 2.80. The number of rotatable bonds is 3. The van der Waals surface area contributed by atoms with Crippen molar-refractivity contribution in [2.45, 2.75) is 32.4 Å². The smallest absolute Gasteiger partial charge is 0.270 e. The van der Waals surface area contributed by atoms with Gasteiger partial charge in [0.25, 0.3) is 5.91 Å². The summed E-state index contributed by atoms with van der Waals surface area (Å²) in [5.41, 5.74) is -0.827. The van der Waals surface area contributed by atoms with Crippen LogP contribution in [0.5, 0.6) is 0 Å². The van der Waals surface area contributed by atoms with Crippen molar-refractivity contribution < 1.29 is 14.3 Å². The van der Waals surface area contributed by atoms with Crippen LogP contribution in [0.25, 0.3) is 0 Å². The summed E-state index contributed by atoms with van der Waals surface area (Å²) in [5, 5.41) is 9.78. The maximum absolute atomic E-state index is 12.7. The Hall–Kier alpha value is -1.36. The second-order valence-corrected chi connectivity index (χ2v) is 4.48. The first-order valence-electron chi connectivity index (χ1n) is 5.07. The molecule has 0 radical (unpaired) electrons. The molecule has 2 N–H and O–H groups in total. The van der Waals surface area contributed by atoms with Gasteiger partial charge in [-0.1, -0.05) is 0 Å². The van der Waals surface area contributed by atoms with Gasteiger partial charge in [0.1, 0.15) is 11.5 Å². The standard InChI is InChI=1S/C11H17FN2O2/c1-7(11(2,3)16)14(4)10(15)9-5-8(12)6-13-9/h5-7,13,16H,1-4H3. The van der Waals surface area contributed by atoms with Crippen LogP contribution in [0.4, 0.5) is 4.39 Å². The highest BCUT2D eigenvalue weighted by Gasteiger charge is 2.29. The zero-order valence-electron chi connectivity index (χ0n) is 9.91. The number of nitrogens with one attached hydrogen (secondary N) is 1. The highest BCUT2D eigenvalue weighted by atomic mass is 19.1. The lowest BCUT2D eigenvalue weighted by atomic mass is 9.99. The van der Waals surface area contributed by atoms with E-state index >= 15 is 0 Å². The predicted octanol–water partition coefficient (Wildman–Crippen LogP) is 1.39. The first-order chi connectivity index (χ1) is 7.23. The summed E-state index contributed by atoms with van der Waals surface area (Å²) in [5.74, 6) is -0.828. The molecular formula is C11H17FN2O2. The maximum Gasteiger partial charge on any atom is 0.270 e. The highest BCUT2D eigenvalue weighted by molar-refractivity contribution is 5.92. The number of halogens is 1. The summed E-state index contributed by atoms with van der Waals surface area (Å²) in [4.78, 5) is 15.8. The van der Waals surface area contributed by atoms with Gasteiger partial charge in [-0.05, 0) is 20.8 Å². The minimum Gasteiger partial charge on any atom is -0.388 e. The second kappa shape index (κ2) is 4.25. The van der Waals surface area contributed by atoms with Crippen LogP contribution in [0.15, 0.2) is 12.3 Å². The molecule has 1 unspecified atom stereocenters. The molecule has 0 aromatic carbocycles. The predicted molar refractivity (Wildman–Crippen MR) is 58.6 cm³/mol. The molecule has 1 atom stereocenters. The number of carbonyl (C=O) groups is 1. The van der Waals surface area contributed by atoms with Crippen LogP contribution in [-0.4, -0.2) is 39.6 Å². The molecule has 1 amide bonds. The van der Waals surface area contributed by atoms with E-state index in [1.807, 2.05) is 0 Å². The number of likely N-dealkylation sites (N-methyl/N-ethyl adjacent to an activating group) is 1. The van der Waals surface area contributed by atoms with Crippen LogP contribution in [0.3, 0.4) is 0 Å². The van der Waals surface area contributed by atoms with Crippen molar-refractivity contribution in [1.82, 2.24) is 9.88 Å². The molecule has 0 saturated heterocycles.